The van der Waals surface area contributed by atoms with Crippen LogP contribution in [0.2, 0.25) is 5.02 Å². The van der Waals surface area contributed by atoms with Gasteiger partial charge < -0.3 is 14.8 Å². The van der Waals surface area contributed by atoms with Crippen LogP contribution in [0.1, 0.15) is 32.6 Å². The van der Waals surface area contributed by atoms with E-state index in [4.69, 9.17) is 21.1 Å². The molecule has 3 rings (SSSR count). The van der Waals surface area contributed by atoms with Crippen LogP contribution < -0.4 is 14.8 Å². The standard InChI is InChI=1S/C15H20ClNO2/c1-10-2-4-11(5-3-10)8-17-13-7-15-14(6-12(13)16)18-9-19-15/h6-7,10-11,17H,2-5,8-9H2,1H3. The average Bonchev–Trinajstić information content (AvgIpc) is 2.85. The first-order valence-electron chi connectivity index (χ1n) is 7.05. The SMILES string of the molecule is CC1CCC(CNc2cc3c(cc2Cl)OCO3)CC1. The summed E-state index contributed by atoms with van der Waals surface area (Å²) < 4.78 is 10.7. The van der Waals surface area contributed by atoms with E-state index in [1.807, 2.05) is 12.1 Å². The van der Waals surface area contributed by atoms with E-state index in [0.29, 0.717) is 5.02 Å². The molecular weight excluding hydrogens is 262 g/mol. The van der Waals surface area contributed by atoms with Crippen LogP contribution in [0.5, 0.6) is 11.5 Å². The molecule has 0 aromatic heterocycles. The van der Waals surface area contributed by atoms with E-state index >= 15 is 0 Å². The average molecular weight is 282 g/mol. The van der Waals surface area contributed by atoms with Gasteiger partial charge in [-0.05, 0) is 24.7 Å². The van der Waals surface area contributed by atoms with Gasteiger partial charge in [0.25, 0.3) is 0 Å². The van der Waals surface area contributed by atoms with E-state index in [9.17, 15) is 0 Å². The molecule has 0 saturated heterocycles. The topological polar surface area (TPSA) is 30.5 Å². The number of anilines is 1. The predicted molar refractivity (Wildman–Crippen MR) is 77.2 cm³/mol. The second-order valence-corrected chi connectivity index (χ2v) is 6.10. The normalized spacial score (nSPS) is 25.4. The van der Waals surface area contributed by atoms with Gasteiger partial charge in [0.1, 0.15) is 0 Å². The Morgan fingerprint density at radius 2 is 1.84 bits per heavy atom. The Morgan fingerprint density at radius 1 is 1.16 bits per heavy atom. The Morgan fingerprint density at radius 3 is 2.58 bits per heavy atom. The number of hydrogen-bond acceptors (Lipinski definition) is 3. The molecule has 1 aromatic rings. The van der Waals surface area contributed by atoms with Gasteiger partial charge in [-0.25, -0.2) is 0 Å². The van der Waals surface area contributed by atoms with Crippen molar-refractivity contribution in [1.29, 1.82) is 0 Å². The molecule has 0 spiro atoms. The molecule has 1 fully saturated rings. The Kier molecular flexibility index (Phi) is 3.74. The molecule has 3 nitrogen and oxygen atoms in total. The van der Waals surface area contributed by atoms with Gasteiger partial charge in [0, 0.05) is 18.7 Å². The highest BCUT2D eigenvalue weighted by atomic mass is 35.5. The first kappa shape index (κ1) is 12.9. The van der Waals surface area contributed by atoms with Crippen molar-refractivity contribution < 1.29 is 9.47 Å². The predicted octanol–water partition coefficient (Wildman–Crippen LogP) is 4.31. The lowest BCUT2D eigenvalue weighted by molar-refractivity contribution is 0.174. The molecule has 0 amide bonds. The zero-order valence-electron chi connectivity index (χ0n) is 11.2. The Bertz CT molecular complexity index is 456. The van der Waals surface area contributed by atoms with Crippen molar-refractivity contribution in [3.05, 3.63) is 17.2 Å². The van der Waals surface area contributed by atoms with Crippen LogP contribution in [-0.2, 0) is 0 Å². The fourth-order valence-corrected chi connectivity index (χ4v) is 3.06. The van der Waals surface area contributed by atoms with E-state index < -0.39 is 0 Å². The van der Waals surface area contributed by atoms with Gasteiger partial charge in [-0.1, -0.05) is 31.4 Å². The molecular formula is C15H20ClNO2. The monoisotopic (exact) mass is 281 g/mol. The van der Waals surface area contributed by atoms with Crippen molar-refractivity contribution in [2.24, 2.45) is 11.8 Å². The molecule has 1 aliphatic carbocycles. The second kappa shape index (κ2) is 5.49. The third-order valence-electron chi connectivity index (χ3n) is 4.18. The largest absolute Gasteiger partial charge is 0.454 e. The molecule has 1 aromatic carbocycles. The highest BCUT2D eigenvalue weighted by Gasteiger charge is 2.20. The smallest absolute Gasteiger partial charge is 0.231 e. The van der Waals surface area contributed by atoms with Gasteiger partial charge >= 0.3 is 0 Å². The number of halogens is 1. The number of benzene rings is 1. The Hall–Kier alpha value is -1.09. The zero-order chi connectivity index (χ0) is 13.2. The van der Waals surface area contributed by atoms with Crippen LogP contribution in [-0.4, -0.2) is 13.3 Å². The lowest BCUT2D eigenvalue weighted by Crippen LogP contribution is -2.20. The third-order valence-corrected chi connectivity index (χ3v) is 4.49. The number of hydrogen-bond donors (Lipinski definition) is 1. The van der Waals surface area contributed by atoms with Gasteiger partial charge in [0.2, 0.25) is 6.79 Å². The number of fused-ring (bicyclic) bond motifs is 1. The fourth-order valence-electron chi connectivity index (χ4n) is 2.84. The highest BCUT2D eigenvalue weighted by Crippen LogP contribution is 2.39. The maximum absolute atomic E-state index is 6.25. The van der Waals surface area contributed by atoms with Crippen molar-refractivity contribution in [1.82, 2.24) is 0 Å². The Labute approximate surface area is 119 Å². The lowest BCUT2D eigenvalue weighted by Gasteiger charge is -2.26. The summed E-state index contributed by atoms with van der Waals surface area (Å²) in [5.74, 6) is 3.18. The van der Waals surface area contributed by atoms with Gasteiger partial charge in [-0.15, -0.1) is 0 Å². The molecule has 0 atom stereocenters. The van der Waals surface area contributed by atoms with Crippen molar-refractivity contribution in [2.45, 2.75) is 32.6 Å². The Balaban J connectivity index is 1.61. The van der Waals surface area contributed by atoms with Crippen LogP contribution in [0.15, 0.2) is 12.1 Å². The van der Waals surface area contributed by atoms with E-state index in [1.54, 1.807) is 0 Å². The van der Waals surface area contributed by atoms with Gasteiger partial charge in [-0.3, -0.25) is 0 Å². The summed E-state index contributed by atoms with van der Waals surface area (Å²) >= 11 is 6.25. The molecule has 0 radical (unpaired) electrons. The minimum atomic E-state index is 0.287. The maximum atomic E-state index is 6.25. The van der Waals surface area contributed by atoms with Crippen LogP contribution in [0, 0.1) is 11.8 Å². The summed E-state index contributed by atoms with van der Waals surface area (Å²) in [6.45, 7) is 3.63. The number of nitrogens with one attached hydrogen (secondary N) is 1. The minimum absolute atomic E-state index is 0.287. The molecule has 0 bridgehead atoms. The summed E-state index contributed by atoms with van der Waals surface area (Å²) in [6, 6.07) is 3.77. The van der Waals surface area contributed by atoms with E-state index in [-0.39, 0.29) is 6.79 Å². The second-order valence-electron chi connectivity index (χ2n) is 5.69. The summed E-state index contributed by atoms with van der Waals surface area (Å²) in [5.41, 5.74) is 0.949. The molecule has 1 N–H and O–H groups in total. The van der Waals surface area contributed by atoms with E-state index in [2.05, 4.69) is 12.2 Å². The van der Waals surface area contributed by atoms with Crippen LogP contribution in [0.4, 0.5) is 5.69 Å². The van der Waals surface area contributed by atoms with Crippen LogP contribution in [0.25, 0.3) is 0 Å². The van der Waals surface area contributed by atoms with Crippen LogP contribution in [0.3, 0.4) is 0 Å². The molecule has 4 heteroatoms. The van der Waals surface area contributed by atoms with Crippen molar-refractivity contribution in [3.8, 4) is 11.5 Å². The molecule has 0 unspecified atom stereocenters. The van der Waals surface area contributed by atoms with E-state index in [0.717, 1.165) is 35.6 Å². The summed E-state index contributed by atoms with van der Waals surface area (Å²) in [6.07, 6.45) is 5.33. The summed E-state index contributed by atoms with van der Waals surface area (Å²) in [4.78, 5) is 0. The molecule has 1 heterocycles. The highest BCUT2D eigenvalue weighted by molar-refractivity contribution is 6.33. The molecule has 2 aliphatic rings. The van der Waals surface area contributed by atoms with Crippen molar-refractivity contribution in [2.75, 3.05) is 18.7 Å². The van der Waals surface area contributed by atoms with Gasteiger partial charge in [0.15, 0.2) is 11.5 Å². The lowest BCUT2D eigenvalue weighted by atomic mass is 9.83. The fraction of sp³-hybridized carbons (Fsp3) is 0.600. The zero-order valence-corrected chi connectivity index (χ0v) is 12.0. The third kappa shape index (κ3) is 2.92. The quantitative estimate of drug-likeness (QED) is 0.896. The molecule has 1 saturated carbocycles. The molecule has 1 aliphatic heterocycles. The van der Waals surface area contributed by atoms with E-state index in [1.165, 1.54) is 25.7 Å². The first-order valence-corrected chi connectivity index (χ1v) is 7.43. The number of ether oxygens (including phenoxy) is 2. The summed E-state index contributed by atoms with van der Waals surface area (Å²) in [7, 11) is 0. The van der Waals surface area contributed by atoms with Crippen LogP contribution >= 0.6 is 11.6 Å². The summed E-state index contributed by atoms with van der Waals surface area (Å²) in [5, 5.41) is 4.16. The van der Waals surface area contributed by atoms with Gasteiger partial charge in [0.05, 0.1) is 10.7 Å². The van der Waals surface area contributed by atoms with Crippen molar-refractivity contribution >= 4 is 17.3 Å². The van der Waals surface area contributed by atoms with Gasteiger partial charge in [-0.2, -0.15) is 0 Å². The number of rotatable bonds is 3. The minimum Gasteiger partial charge on any atom is -0.454 e. The maximum Gasteiger partial charge on any atom is 0.231 e. The van der Waals surface area contributed by atoms with Crippen molar-refractivity contribution in [3.63, 3.8) is 0 Å². The molecule has 19 heavy (non-hydrogen) atoms. The molecule has 104 valence electrons. The first-order chi connectivity index (χ1) is 9.22.